The Morgan fingerprint density at radius 3 is 2.74 bits per heavy atom. The number of nitrogens with one attached hydrogen (secondary N) is 3. The Balaban J connectivity index is 1.63. The summed E-state index contributed by atoms with van der Waals surface area (Å²) in [5.74, 6) is 0.0698. The third kappa shape index (κ3) is 3.34. The minimum atomic E-state index is -4.33. The third-order valence-electron chi connectivity index (χ3n) is 5.67. The molecular weight excluding hydrogens is 309 g/mol. The van der Waals surface area contributed by atoms with Crippen molar-refractivity contribution in [3.8, 4) is 0 Å². The van der Waals surface area contributed by atoms with Crippen LogP contribution in [0, 0.1) is 11.3 Å². The number of hydrogen-bond donors (Lipinski definition) is 3. The van der Waals surface area contributed by atoms with Crippen LogP contribution < -0.4 is 16.0 Å². The normalized spacial score (nSPS) is 33.4. The highest BCUT2D eigenvalue weighted by Crippen LogP contribution is 2.45. The molecule has 0 aromatic carbocycles. The molecule has 1 saturated carbocycles. The first-order valence-electron chi connectivity index (χ1n) is 8.44. The monoisotopic (exact) mass is 334 g/mol. The molecule has 1 amide bonds. The van der Waals surface area contributed by atoms with Crippen LogP contribution in [0.3, 0.4) is 0 Å². The van der Waals surface area contributed by atoms with E-state index in [1.165, 1.54) is 4.90 Å². The van der Waals surface area contributed by atoms with E-state index in [0.29, 0.717) is 32.7 Å². The standard InChI is InChI=1S/C15H25F3N4O/c16-15(17,18)12(22-6-4-19-5-7-22)9-21-13(23)14-3-1-2-11(14)8-20-10-14/h11-12,19-20H,1-10H2,(H,21,23)/t11-,12-,14-/m1/s1. The molecule has 8 heteroatoms. The average molecular weight is 334 g/mol. The summed E-state index contributed by atoms with van der Waals surface area (Å²) in [6.45, 7) is 2.86. The van der Waals surface area contributed by atoms with E-state index < -0.39 is 17.6 Å². The second-order valence-corrected chi connectivity index (χ2v) is 6.93. The van der Waals surface area contributed by atoms with Crippen LogP contribution in [0.15, 0.2) is 0 Å². The summed E-state index contributed by atoms with van der Waals surface area (Å²) < 4.78 is 40.1. The van der Waals surface area contributed by atoms with Crippen molar-refractivity contribution in [1.82, 2.24) is 20.9 Å². The van der Waals surface area contributed by atoms with Gasteiger partial charge in [0, 0.05) is 39.3 Å². The van der Waals surface area contributed by atoms with Crippen LogP contribution >= 0.6 is 0 Å². The number of alkyl halides is 3. The summed E-state index contributed by atoms with van der Waals surface area (Å²) in [7, 11) is 0. The molecule has 0 spiro atoms. The molecule has 0 radical (unpaired) electrons. The number of amides is 1. The van der Waals surface area contributed by atoms with Gasteiger partial charge >= 0.3 is 6.18 Å². The van der Waals surface area contributed by atoms with E-state index in [9.17, 15) is 18.0 Å². The van der Waals surface area contributed by atoms with Crippen LogP contribution in [-0.4, -0.2) is 68.8 Å². The van der Waals surface area contributed by atoms with Crippen molar-refractivity contribution >= 4 is 5.91 Å². The van der Waals surface area contributed by atoms with Gasteiger partial charge in [0.2, 0.25) is 5.91 Å². The maximum atomic E-state index is 13.4. The first-order chi connectivity index (χ1) is 10.9. The lowest BCUT2D eigenvalue weighted by Crippen LogP contribution is -2.58. The van der Waals surface area contributed by atoms with E-state index >= 15 is 0 Å². The number of piperazine rings is 1. The lowest BCUT2D eigenvalue weighted by atomic mass is 9.80. The fourth-order valence-corrected chi connectivity index (χ4v) is 4.33. The van der Waals surface area contributed by atoms with Crippen molar-refractivity contribution in [3.63, 3.8) is 0 Å². The van der Waals surface area contributed by atoms with Gasteiger partial charge < -0.3 is 16.0 Å². The van der Waals surface area contributed by atoms with Crippen LogP contribution in [0.4, 0.5) is 13.2 Å². The van der Waals surface area contributed by atoms with Crippen molar-refractivity contribution < 1.29 is 18.0 Å². The maximum absolute atomic E-state index is 13.4. The van der Waals surface area contributed by atoms with Crippen LogP contribution in [0.25, 0.3) is 0 Å². The predicted molar refractivity (Wildman–Crippen MR) is 79.9 cm³/mol. The molecule has 0 unspecified atom stereocenters. The number of carbonyl (C=O) groups excluding carboxylic acids is 1. The van der Waals surface area contributed by atoms with Gasteiger partial charge in [0.05, 0.1) is 5.41 Å². The number of fused-ring (bicyclic) bond motifs is 1. The van der Waals surface area contributed by atoms with Crippen molar-refractivity contribution in [2.45, 2.75) is 31.5 Å². The molecule has 3 atom stereocenters. The lowest BCUT2D eigenvalue weighted by molar-refractivity contribution is -0.184. The molecule has 3 fully saturated rings. The SMILES string of the molecule is O=C(NC[C@@H](N1CCNCC1)C(F)(F)F)[C@@]12CCC[C@@H]1CNC2. The molecule has 23 heavy (non-hydrogen) atoms. The van der Waals surface area contributed by atoms with Crippen molar-refractivity contribution in [2.24, 2.45) is 11.3 Å². The number of rotatable bonds is 4. The van der Waals surface area contributed by atoms with Gasteiger partial charge in [-0.2, -0.15) is 13.2 Å². The van der Waals surface area contributed by atoms with E-state index in [4.69, 9.17) is 0 Å². The molecule has 0 bridgehead atoms. The van der Waals surface area contributed by atoms with Crippen LogP contribution in [-0.2, 0) is 4.79 Å². The first kappa shape index (κ1) is 17.0. The molecule has 132 valence electrons. The number of nitrogens with zero attached hydrogens (tertiary/aromatic N) is 1. The Bertz CT molecular complexity index is 427. The maximum Gasteiger partial charge on any atom is 0.405 e. The van der Waals surface area contributed by atoms with E-state index in [0.717, 1.165) is 25.8 Å². The summed E-state index contributed by atoms with van der Waals surface area (Å²) in [6, 6.07) is -1.60. The van der Waals surface area contributed by atoms with E-state index in [2.05, 4.69) is 16.0 Å². The number of hydrogen-bond acceptors (Lipinski definition) is 4. The van der Waals surface area contributed by atoms with Crippen LogP contribution in [0.2, 0.25) is 0 Å². The van der Waals surface area contributed by atoms with Gasteiger partial charge in [-0.05, 0) is 25.3 Å². The summed E-state index contributed by atoms with van der Waals surface area (Å²) in [6.07, 6.45) is -1.58. The largest absolute Gasteiger partial charge is 0.405 e. The minimum Gasteiger partial charge on any atom is -0.354 e. The average Bonchev–Trinajstić information content (AvgIpc) is 3.07. The van der Waals surface area contributed by atoms with E-state index in [-0.39, 0.29) is 18.4 Å². The molecule has 0 aromatic heterocycles. The van der Waals surface area contributed by atoms with Gasteiger partial charge in [0.1, 0.15) is 6.04 Å². The van der Waals surface area contributed by atoms with Crippen molar-refractivity contribution in [1.29, 1.82) is 0 Å². The molecule has 1 aliphatic carbocycles. The number of halogens is 3. The molecule has 3 N–H and O–H groups in total. The van der Waals surface area contributed by atoms with Gasteiger partial charge in [0.25, 0.3) is 0 Å². The predicted octanol–water partition coefficient (Wildman–Crippen LogP) is 0.328. The second kappa shape index (κ2) is 6.57. The Kier molecular flexibility index (Phi) is 4.85. The second-order valence-electron chi connectivity index (χ2n) is 6.93. The van der Waals surface area contributed by atoms with Crippen LogP contribution in [0.5, 0.6) is 0 Å². The lowest BCUT2D eigenvalue weighted by Gasteiger charge is -2.37. The molecule has 3 rings (SSSR count). The third-order valence-corrected chi connectivity index (χ3v) is 5.67. The first-order valence-corrected chi connectivity index (χ1v) is 8.44. The van der Waals surface area contributed by atoms with Gasteiger partial charge in [-0.15, -0.1) is 0 Å². The van der Waals surface area contributed by atoms with E-state index in [1.807, 2.05) is 0 Å². The van der Waals surface area contributed by atoms with E-state index in [1.54, 1.807) is 0 Å². The van der Waals surface area contributed by atoms with Gasteiger partial charge in [-0.1, -0.05) is 6.42 Å². The minimum absolute atomic E-state index is 0.200. The summed E-state index contributed by atoms with van der Waals surface area (Å²) in [4.78, 5) is 14.0. The smallest absolute Gasteiger partial charge is 0.354 e. The topological polar surface area (TPSA) is 56.4 Å². The van der Waals surface area contributed by atoms with Crippen molar-refractivity contribution in [2.75, 3.05) is 45.8 Å². The zero-order chi connectivity index (χ0) is 16.5. The van der Waals surface area contributed by atoms with Gasteiger partial charge in [-0.25, -0.2) is 0 Å². The summed E-state index contributed by atoms with van der Waals surface area (Å²) in [5, 5.41) is 8.91. The Hall–Kier alpha value is -0.860. The Morgan fingerprint density at radius 1 is 1.30 bits per heavy atom. The Labute approximate surface area is 134 Å². The molecule has 0 aromatic rings. The molecular formula is C15H25F3N4O. The molecule has 5 nitrogen and oxygen atoms in total. The quantitative estimate of drug-likeness (QED) is 0.694. The zero-order valence-electron chi connectivity index (χ0n) is 13.2. The highest BCUT2D eigenvalue weighted by Gasteiger charge is 2.52. The molecule has 2 aliphatic heterocycles. The molecule has 2 saturated heterocycles. The molecule has 2 heterocycles. The van der Waals surface area contributed by atoms with Gasteiger partial charge in [0.15, 0.2) is 0 Å². The fraction of sp³-hybridized carbons (Fsp3) is 0.933. The summed E-state index contributed by atoms with van der Waals surface area (Å²) >= 11 is 0. The van der Waals surface area contributed by atoms with Crippen molar-refractivity contribution in [3.05, 3.63) is 0 Å². The highest BCUT2D eigenvalue weighted by atomic mass is 19.4. The van der Waals surface area contributed by atoms with Gasteiger partial charge in [-0.3, -0.25) is 9.69 Å². The molecule has 3 aliphatic rings. The number of carbonyl (C=O) groups is 1. The highest BCUT2D eigenvalue weighted by molar-refractivity contribution is 5.84. The fourth-order valence-electron chi connectivity index (χ4n) is 4.33. The Morgan fingerprint density at radius 2 is 2.04 bits per heavy atom. The van der Waals surface area contributed by atoms with Crippen LogP contribution in [0.1, 0.15) is 19.3 Å². The summed E-state index contributed by atoms with van der Waals surface area (Å²) in [5.41, 5.74) is -0.487. The zero-order valence-corrected chi connectivity index (χ0v) is 13.2.